The van der Waals surface area contributed by atoms with Crippen LogP contribution in [-0.4, -0.2) is 35.9 Å². The van der Waals surface area contributed by atoms with Gasteiger partial charge < -0.3 is 19.8 Å². The molecule has 2 aromatic rings. The Kier molecular flexibility index (Phi) is 7.36. The lowest BCUT2D eigenvalue weighted by atomic mass is 9.82. The molecule has 1 aromatic heterocycles. The van der Waals surface area contributed by atoms with Gasteiger partial charge >= 0.3 is 12.4 Å². The van der Waals surface area contributed by atoms with Crippen molar-refractivity contribution in [3.05, 3.63) is 28.5 Å². The normalized spacial score (nSPS) is 20.5. The molecule has 1 aliphatic rings. The Balaban J connectivity index is 0.00000280. The van der Waals surface area contributed by atoms with Gasteiger partial charge in [-0.3, -0.25) is 0 Å². The first-order valence-corrected chi connectivity index (χ1v) is 8.66. The van der Waals surface area contributed by atoms with Crippen LogP contribution in [0.25, 0.3) is 11.5 Å². The smallest absolute Gasteiger partial charge is 0.429 e. The van der Waals surface area contributed by atoms with Gasteiger partial charge in [0.15, 0.2) is 11.6 Å². The highest BCUT2D eigenvalue weighted by atomic mass is 35.5. The summed E-state index contributed by atoms with van der Waals surface area (Å²) in [4.78, 5) is 11.1. The third-order valence-corrected chi connectivity index (χ3v) is 4.81. The van der Waals surface area contributed by atoms with Gasteiger partial charge in [-0.05, 0) is 50.4 Å². The molecular formula is C17H22ClF3N4O3. The Bertz CT molecular complexity index is 845. The first-order valence-electron chi connectivity index (χ1n) is 8.66. The number of alkyl halides is 2. The number of aromatic nitrogens is 2. The molecule has 11 heteroatoms. The average molecular weight is 423 g/mol. The fraction of sp³-hybridized carbons (Fsp3) is 0.529. The second kappa shape index (κ2) is 9.33. The maximum atomic E-state index is 14.5. The van der Waals surface area contributed by atoms with Crippen molar-refractivity contribution in [2.75, 3.05) is 18.4 Å². The number of aromatic amines is 1. The molecule has 1 saturated heterocycles. The number of rotatable bonds is 6. The molecule has 0 aliphatic carbocycles. The van der Waals surface area contributed by atoms with E-state index in [1.165, 1.54) is 6.07 Å². The average Bonchev–Trinajstić information content (AvgIpc) is 3.04. The maximum Gasteiger partial charge on any atom is 0.434 e. The van der Waals surface area contributed by atoms with E-state index in [-0.39, 0.29) is 41.5 Å². The van der Waals surface area contributed by atoms with Crippen LogP contribution in [0.3, 0.4) is 0 Å². The van der Waals surface area contributed by atoms with Gasteiger partial charge in [0.05, 0.1) is 5.69 Å². The van der Waals surface area contributed by atoms with Crippen molar-refractivity contribution >= 4 is 18.1 Å². The predicted molar refractivity (Wildman–Crippen MR) is 99.6 cm³/mol. The first kappa shape index (κ1) is 22.1. The number of halogens is 4. The van der Waals surface area contributed by atoms with Crippen LogP contribution >= 0.6 is 12.4 Å². The van der Waals surface area contributed by atoms with Gasteiger partial charge in [0.2, 0.25) is 5.89 Å². The minimum absolute atomic E-state index is 0. The zero-order chi connectivity index (χ0) is 19.6. The number of hydrogen-bond acceptors (Lipinski definition) is 6. The molecule has 156 valence electrons. The highest BCUT2D eigenvalue weighted by Gasteiger charge is 2.28. The van der Waals surface area contributed by atoms with Crippen LogP contribution in [0.15, 0.2) is 21.3 Å². The molecule has 3 atom stereocenters. The summed E-state index contributed by atoms with van der Waals surface area (Å²) < 4.78 is 49.2. The SMILES string of the molecule is C[C@@H]1CNCC[C@@H]1[C@H](C)Nc1cc(-c2n[nH]c(=O)o2)cc(F)c1OC(F)F.Cl. The van der Waals surface area contributed by atoms with Gasteiger partial charge in [0.25, 0.3) is 0 Å². The van der Waals surface area contributed by atoms with Crippen LogP contribution in [0.2, 0.25) is 0 Å². The molecule has 28 heavy (non-hydrogen) atoms. The molecule has 3 rings (SSSR count). The molecular weight excluding hydrogens is 401 g/mol. The van der Waals surface area contributed by atoms with Crippen LogP contribution in [0.5, 0.6) is 5.75 Å². The first-order chi connectivity index (χ1) is 12.8. The van der Waals surface area contributed by atoms with Gasteiger partial charge in [0.1, 0.15) is 0 Å². The van der Waals surface area contributed by atoms with Gasteiger partial charge in [-0.1, -0.05) is 6.92 Å². The standard InChI is InChI=1S/C17H21F3N4O3.ClH/c1-8-7-21-4-3-11(8)9(2)22-13-6-10(15-23-24-17(25)27-15)5-12(18)14(13)26-16(19)20;/h5-6,8-9,11,16,21-22H,3-4,7H2,1-2H3,(H,24,25);1H/t8-,9+,11+;/m1./s1. The summed E-state index contributed by atoms with van der Waals surface area (Å²) >= 11 is 0. The molecule has 0 amide bonds. The molecule has 2 heterocycles. The van der Waals surface area contributed by atoms with E-state index < -0.39 is 23.9 Å². The zero-order valence-electron chi connectivity index (χ0n) is 15.3. The van der Waals surface area contributed by atoms with Gasteiger partial charge in [0, 0.05) is 11.6 Å². The minimum Gasteiger partial charge on any atom is -0.429 e. The fourth-order valence-electron chi connectivity index (χ4n) is 3.52. The number of nitrogens with one attached hydrogen (secondary N) is 3. The van der Waals surface area contributed by atoms with Gasteiger partial charge in [-0.2, -0.15) is 8.78 Å². The molecule has 3 N–H and O–H groups in total. The molecule has 7 nitrogen and oxygen atoms in total. The second-order valence-corrected chi connectivity index (χ2v) is 6.70. The Morgan fingerprint density at radius 2 is 2.14 bits per heavy atom. The summed E-state index contributed by atoms with van der Waals surface area (Å²) in [6.45, 7) is 2.54. The topological polar surface area (TPSA) is 92.2 Å². The van der Waals surface area contributed by atoms with Crippen LogP contribution in [0.1, 0.15) is 20.3 Å². The lowest BCUT2D eigenvalue weighted by Gasteiger charge is -2.35. The number of hydrogen-bond donors (Lipinski definition) is 3. The van der Waals surface area contributed by atoms with Crippen LogP contribution in [0.4, 0.5) is 18.9 Å². The highest BCUT2D eigenvalue weighted by Crippen LogP contribution is 2.36. The monoisotopic (exact) mass is 422 g/mol. The van der Waals surface area contributed by atoms with E-state index in [0.29, 0.717) is 5.92 Å². The molecule has 0 spiro atoms. The number of benzene rings is 1. The summed E-state index contributed by atoms with van der Waals surface area (Å²) in [5, 5.41) is 12.1. The fourth-order valence-corrected chi connectivity index (χ4v) is 3.52. The predicted octanol–water partition coefficient (Wildman–Crippen LogP) is 3.24. The zero-order valence-corrected chi connectivity index (χ0v) is 16.1. The second-order valence-electron chi connectivity index (χ2n) is 6.70. The Morgan fingerprint density at radius 1 is 1.39 bits per heavy atom. The van der Waals surface area contributed by atoms with E-state index in [1.807, 2.05) is 6.92 Å². The summed E-state index contributed by atoms with van der Waals surface area (Å²) in [6, 6.07) is 2.19. The summed E-state index contributed by atoms with van der Waals surface area (Å²) in [5.74, 6) is -1.91. The quantitative estimate of drug-likeness (QED) is 0.662. The van der Waals surface area contributed by atoms with Crippen molar-refractivity contribution in [2.24, 2.45) is 11.8 Å². The minimum atomic E-state index is -3.18. The van der Waals surface area contributed by atoms with Crippen LogP contribution in [-0.2, 0) is 0 Å². The summed E-state index contributed by atoms with van der Waals surface area (Å²) in [5.41, 5.74) is 0.176. The van der Waals surface area contributed by atoms with Crippen molar-refractivity contribution in [3.63, 3.8) is 0 Å². The van der Waals surface area contributed by atoms with Crippen LogP contribution in [0, 0.1) is 17.7 Å². The van der Waals surface area contributed by atoms with Crippen LogP contribution < -0.4 is 21.1 Å². The van der Waals surface area contributed by atoms with Crippen molar-refractivity contribution < 1.29 is 22.3 Å². The Morgan fingerprint density at radius 3 is 2.75 bits per heavy atom. The number of H-pyrrole nitrogens is 1. The third kappa shape index (κ3) is 4.99. The lowest BCUT2D eigenvalue weighted by molar-refractivity contribution is -0.0517. The summed E-state index contributed by atoms with van der Waals surface area (Å²) in [6.07, 6.45) is 0.900. The van der Waals surface area contributed by atoms with Gasteiger partial charge in [-0.25, -0.2) is 14.3 Å². The van der Waals surface area contributed by atoms with Crippen molar-refractivity contribution in [1.82, 2.24) is 15.5 Å². The molecule has 0 saturated carbocycles. The maximum absolute atomic E-state index is 14.5. The van der Waals surface area contributed by atoms with Crippen molar-refractivity contribution in [3.8, 4) is 17.2 Å². The lowest BCUT2D eigenvalue weighted by Crippen LogP contribution is -2.42. The van der Waals surface area contributed by atoms with Gasteiger partial charge in [-0.15, -0.1) is 17.5 Å². The number of ether oxygens (including phenoxy) is 1. The highest BCUT2D eigenvalue weighted by molar-refractivity contribution is 5.85. The molecule has 1 fully saturated rings. The molecule has 1 aromatic carbocycles. The van der Waals surface area contributed by atoms with E-state index in [1.54, 1.807) is 0 Å². The van der Waals surface area contributed by atoms with Crippen molar-refractivity contribution in [1.29, 1.82) is 0 Å². The van der Waals surface area contributed by atoms with E-state index >= 15 is 0 Å². The molecule has 0 bridgehead atoms. The van der Waals surface area contributed by atoms with E-state index in [0.717, 1.165) is 25.6 Å². The van der Waals surface area contributed by atoms with E-state index in [4.69, 9.17) is 4.42 Å². The summed E-state index contributed by atoms with van der Waals surface area (Å²) in [7, 11) is 0. The Hall–Kier alpha value is -2.20. The number of piperidine rings is 1. The van der Waals surface area contributed by atoms with E-state index in [9.17, 15) is 18.0 Å². The largest absolute Gasteiger partial charge is 0.434 e. The molecule has 1 aliphatic heterocycles. The molecule has 0 unspecified atom stereocenters. The number of anilines is 1. The van der Waals surface area contributed by atoms with Crippen molar-refractivity contribution in [2.45, 2.75) is 32.9 Å². The Labute approximate surface area is 165 Å². The third-order valence-electron chi connectivity index (χ3n) is 4.81. The van der Waals surface area contributed by atoms with E-state index in [2.05, 4.69) is 32.5 Å². The molecule has 0 radical (unpaired) electrons. The number of nitrogens with zero attached hydrogens (tertiary/aromatic N) is 1.